The van der Waals surface area contributed by atoms with E-state index in [1.165, 1.54) is 71.5 Å². The Kier molecular flexibility index (Phi) is 10.9. The molecule has 2 heteroatoms. The Hall–Kier alpha value is -6.48. The van der Waals surface area contributed by atoms with E-state index in [1.807, 2.05) is 6.92 Å². The predicted octanol–water partition coefficient (Wildman–Crippen LogP) is 11.5. The largest absolute Gasteiger partial charge is 0.331 e. The van der Waals surface area contributed by atoms with Gasteiger partial charge in [-0.1, -0.05) is 183 Å². The van der Waals surface area contributed by atoms with Crippen LogP contribution in [0.4, 0.5) is 0 Å². The molecule has 8 aromatic carbocycles. The Morgan fingerprint density at radius 1 is 0.519 bits per heavy atom. The van der Waals surface area contributed by atoms with E-state index in [9.17, 15) is 0 Å². The number of nitrogens with two attached hydrogens (primary N) is 1. The average Bonchev–Trinajstić information content (AvgIpc) is 3.53. The molecule has 0 aliphatic heterocycles. The molecule has 9 aromatic rings. The number of aryl methyl sites for hydroxylation is 2. The molecule has 0 saturated heterocycles. The SMILES string of the molecule is C=c1cccc/c1=C(\c1ccccc1)c1ccc2c3ccc(-c4cccc(C)c4)cc3n(-c3ccccc3)c2c1.CCN.Cc1cccc2ccccc12. The molecule has 264 valence electrons. The van der Waals surface area contributed by atoms with Crippen LogP contribution in [-0.2, 0) is 0 Å². The zero-order chi connectivity index (χ0) is 37.4. The lowest BCUT2D eigenvalue weighted by atomic mass is 9.94. The van der Waals surface area contributed by atoms with Crippen LogP contribution in [0.25, 0.3) is 61.5 Å². The van der Waals surface area contributed by atoms with Crippen LogP contribution in [0.1, 0.15) is 29.2 Å². The van der Waals surface area contributed by atoms with Gasteiger partial charge in [0.25, 0.3) is 0 Å². The van der Waals surface area contributed by atoms with Gasteiger partial charge in [-0.3, -0.25) is 0 Å². The molecule has 2 nitrogen and oxygen atoms in total. The van der Waals surface area contributed by atoms with Gasteiger partial charge in [0.1, 0.15) is 0 Å². The first-order valence-electron chi connectivity index (χ1n) is 18.7. The van der Waals surface area contributed by atoms with E-state index in [1.54, 1.807) is 0 Å². The number of para-hydroxylation sites is 1. The fourth-order valence-corrected chi connectivity index (χ4v) is 7.27. The molecule has 0 fully saturated rings. The summed E-state index contributed by atoms with van der Waals surface area (Å²) in [6.07, 6.45) is 0. The van der Waals surface area contributed by atoms with Gasteiger partial charge in [0.2, 0.25) is 0 Å². The van der Waals surface area contributed by atoms with E-state index in [0.717, 1.165) is 22.7 Å². The smallest absolute Gasteiger partial charge is 0.0547 e. The van der Waals surface area contributed by atoms with Crippen LogP contribution in [0.5, 0.6) is 0 Å². The van der Waals surface area contributed by atoms with E-state index in [-0.39, 0.29) is 0 Å². The minimum Gasteiger partial charge on any atom is -0.331 e. The van der Waals surface area contributed by atoms with Crippen molar-refractivity contribution in [3.63, 3.8) is 0 Å². The Morgan fingerprint density at radius 3 is 1.83 bits per heavy atom. The summed E-state index contributed by atoms with van der Waals surface area (Å²) in [4.78, 5) is 0. The van der Waals surface area contributed by atoms with Gasteiger partial charge in [-0.05, 0) is 99.3 Å². The van der Waals surface area contributed by atoms with Crippen molar-refractivity contribution in [3.8, 4) is 16.8 Å². The third-order valence-corrected chi connectivity index (χ3v) is 9.78. The second-order valence-electron chi connectivity index (χ2n) is 13.6. The normalized spacial score (nSPS) is 11.4. The Balaban J connectivity index is 0.000000270. The van der Waals surface area contributed by atoms with Crippen molar-refractivity contribution < 1.29 is 0 Å². The minimum absolute atomic E-state index is 0.750. The molecule has 54 heavy (non-hydrogen) atoms. The summed E-state index contributed by atoms with van der Waals surface area (Å²) in [6.45, 7) is 11.3. The standard InChI is InChI=1S/C39H29N.C11H10.C2H7N/c1-27-12-11-16-30(24-27)31-20-22-35-36-23-21-32(26-38(36)40(37(35)25-31)33-17-7-4-8-18-33)39(29-14-5-3-6-15-29)34-19-10-9-13-28(34)2;1-9-5-4-7-10-6-2-3-8-11(9)10;1-2-3/h3-26H,2H2,1H3;2-8H,1H3;2-3H2,1H3/b39-34-;;. The maximum absolute atomic E-state index is 4.85. The van der Waals surface area contributed by atoms with Crippen molar-refractivity contribution in [3.05, 3.63) is 221 Å². The molecule has 9 rings (SSSR count). The lowest BCUT2D eigenvalue weighted by Gasteiger charge is -2.12. The molecular formula is C52H46N2. The van der Waals surface area contributed by atoms with Crippen LogP contribution in [0.3, 0.4) is 0 Å². The van der Waals surface area contributed by atoms with Gasteiger partial charge in [0.05, 0.1) is 11.0 Å². The molecule has 0 saturated carbocycles. The van der Waals surface area contributed by atoms with Crippen LogP contribution in [-0.4, -0.2) is 11.1 Å². The van der Waals surface area contributed by atoms with E-state index in [4.69, 9.17) is 5.73 Å². The number of aromatic nitrogens is 1. The summed E-state index contributed by atoms with van der Waals surface area (Å²) in [5.41, 5.74) is 17.0. The summed E-state index contributed by atoms with van der Waals surface area (Å²) >= 11 is 0. The molecule has 0 unspecified atom stereocenters. The Labute approximate surface area is 318 Å². The lowest BCUT2D eigenvalue weighted by Crippen LogP contribution is -2.25. The molecule has 0 atom stereocenters. The number of hydrogen-bond donors (Lipinski definition) is 1. The van der Waals surface area contributed by atoms with E-state index in [0.29, 0.717) is 0 Å². The summed E-state index contributed by atoms with van der Waals surface area (Å²) in [7, 11) is 0. The topological polar surface area (TPSA) is 30.9 Å². The van der Waals surface area contributed by atoms with Crippen LogP contribution < -0.4 is 16.2 Å². The number of nitrogens with zero attached hydrogens (tertiary/aromatic N) is 1. The van der Waals surface area contributed by atoms with Crippen molar-refractivity contribution in [2.45, 2.75) is 20.8 Å². The number of fused-ring (bicyclic) bond motifs is 4. The number of benzene rings is 8. The quantitative estimate of drug-likeness (QED) is 0.195. The third-order valence-electron chi connectivity index (χ3n) is 9.78. The van der Waals surface area contributed by atoms with Crippen LogP contribution >= 0.6 is 0 Å². The second kappa shape index (κ2) is 16.5. The fraction of sp³-hybridized carbons (Fsp3) is 0.0769. The van der Waals surface area contributed by atoms with Crippen molar-refractivity contribution in [1.82, 2.24) is 4.57 Å². The molecule has 0 bridgehead atoms. The van der Waals surface area contributed by atoms with Crippen LogP contribution in [0, 0.1) is 13.8 Å². The Morgan fingerprint density at radius 2 is 1.11 bits per heavy atom. The highest BCUT2D eigenvalue weighted by molar-refractivity contribution is 6.11. The molecule has 0 aliphatic carbocycles. The highest BCUT2D eigenvalue weighted by Crippen LogP contribution is 2.36. The highest BCUT2D eigenvalue weighted by Gasteiger charge is 2.16. The van der Waals surface area contributed by atoms with Crippen LogP contribution in [0.2, 0.25) is 0 Å². The summed E-state index contributed by atoms with van der Waals surface area (Å²) in [6, 6.07) is 67.1. The van der Waals surface area contributed by atoms with E-state index in [2.05, 4.69) is 213 Å². The number of hydrogen-bond acceptors (Lipinski definition) is 1. The molecule has 1 aromatic heterocycles. The van der Waals surface area contributed by atoms with Gasteiger partial charge in [0, 0.05) is 16.5 Å². The molecule has 1 heterocycles. The Bertz CT molecular complexity index is 2790. The average molecular weight is 699 g/mol. The van der Waals surface area contributed by atoms with Gasteiger partial charge >= 0.3 is 0 Å². The second-order valence-corrected chi connectivity index (χ2v) is 13.6. The first-order chi connectivity index (χ1) is 26.5. The summed E-state index contributed by atoms with van der Waals surface area (Å²) < 4.78 is 2.41. The molecular weight excluding hydrogens is 653 g/mol. The van der Waals surface area contributed by atoms with Gasteiger partial charge in [-0.25, -0.2) is 0 Å². The third kappa shape index (κ3) is 7.52. The predicted molar refractivity (Wildman–Crippen MR) is 234 cm³/mol. The van der Waals surface area contributed by atoms with Crippen molar-refractivity contribution in [2.24, 2.45) is 5.73 Å². The highest BCUT2D eigenvalue weighted by atomic mass is 15.0. The van der Waals surface area contributed by atoms with Crippen LogP contribution in [0.15, 0.2) is 188 Å². The molecule has 0 spiro atoms. The lowest BCUT2D eigenvalue weighted by molar-refractivity contribution is 1.14. The van der Waals surface area contributed by atoms with Gasteiger partial charge < -0.3 is 10.3 Å². The zero-order valence-corrected chi connectivity index (χ0v) is 31.3. The van der Waals surface area contributed by atoms with Crippen molar-refractivity contribution in [2.75, 3.05) is 6.54 Å². The van der Waals surface area contributed by atoms with Gasteiger partial charge in [0.15, 0.2) is 0 Å². The van der Waals surface area contributed by atoms with E-state index < -0.39 is 0 Å². The maximum Gasteiger partial charge on any atom is 0.0547 e. The molecule has 0 amide bonds. The van der Waals surface area contributed by atoms with Gasteiger partial charge in [-0.2, -0.15) is 0 Å². The zero-order valence-electron chi connectivity index (χ0n) is 31.3. The van der Waals surface area contributed by atoms with Gasteiger partial charge in [-0.15, -0.1) is 0 Å². The van der Waals surface area contributed by atoms with Crippen molar-refractivity contribution >= 4 is 44.7 Å². The number of rotatable bonds is 4. The monoisotopic (exact) mass is 698 g/mol. The summed E-state index contributed by atoms with van der Waals surface area (Å²) in [5, 5.41) is 7.35. The molecule has 2 N–H and O–H groups in total. The minimum atomic E-state index is 0.750. The molecule has 0 aliphatic rings. The first-order valence-corrected chi connectivity index (χ1v) is 18.7. The molecule has 0 radical (unpaired) electrons. The maximum atomic E-state index is 4.85. The first kappa shape index (κ1) is 35.9. The summed E-state index contributed by atoms with van der Waals surface area (Å²) in [5.74, 6) is 0. The fourth-order valence-electron chi connectivity index (χ4n) is 7.27. The van der Waals surface area contributed by atoms with Crippen molar-refractivity contribution in [1.29, 1.82) is 0 Å². The van der Waals surface area contributed by atoms with E-state index >= 15 is 0 Å².